The maximum absolute atomic E-state index is 13.1. The van der Waals surface area contributed by atoms with Crippen LogP contribution in [-0.2, 0) is 19.0 Å². The zero-order valence-corrected chi connectivity index (χ0v) is 20.2. The summed E-state index contributed by atoms with van der Waals surface area (Å²) in [4.78, 5) is 57.3. The molecule has 1 aliphatic heterocycles. The zero-order chi connectivity index (χ0) is 29.1. The summed E-state index contributed by atoms with van der Waals surface area (Å²) in [7, 11) is 0. The molecular formula is C23H20F3N3O10. The Morgan fingerprint density at radius 2 is 1.41 bits per heavy atom. The van der Waals surface area contributed by atoms with E-state index >= 15 is 0 Å². The first-order chi connectivity index (χ1) is 18.1. The Bertz CT molecular complexity index is 1280. The van der Waals surface area contributed by atoms with Gasteiger partial charge in [0.2, 0.25) is 6.29 Å². The largest absolute Gasteiger partial charge is 0.471 e. The van der Waals surface area contributed by atoms with E-state index < -0.39 is 64.3 Å². The summed E-state index contributed by atoms with van der Waals surface area (Å²) in [6, 6.07) is 6.92. The number of non-ortho nitro benzene ring substituents is 2. The number of ether oxygens (including phenoxy) is 3. The van der Waals surface area contributed by atoms with Crippen LogP contribution in [-0.4, -0.2) is 57.9 Å². The van der Waals surface area contributed by atoms with Gasteiger partial charge in [0, 0.05) is 30.7 Å². The molecule has 1 aliphatic rings. The molecule has 0 bridgehead atoms. The van der Waals surface area contributed by atoms with Crippen molar-refractivity contribution in [2.24, 2.45) is 0 Å². The van der Waals surface area contributed by atoms with Gasteiger partial charge in [-0.05, 0) is 38.1 Å². The van der Waals surface area contributed by atoms with Gasteiger partial charge in [0.05, 0.1) is 27.0 Å². The topological polar surface area (TPSA) is 177 Å². The van der Waals surface area contributed by atoms with Gasteiger partial charge in [-0.1, -0.05) is 0 Å². The highest BCUT2D eigenvalue weighted by Gasteiger charge is 2.53. The lowest BCUT2D eigenvalue weighted by atomic mass is 9.85. The molecule has 0 spiro atoms. The van der Waals surface area contributed by atoms with E-state index in [1.807, 2.05) is 0 Å². The van der Waals surface area contributed by atoms with E-state index in [2.05, 4.69) is 0 Å². The number of alkyl halides is 3. The number of benzene rings is 2. The van der Waals surface area contributed by atoms with Crippen molar-refractivity contribution >= 4 is 29.2 Å². The number of nitrogens with zero attached hydrogens (tertiary/aromatic N) is 2. The Kier molecular flexibility index (Phi) is 8.19. The molecule has 3 rings (SSSR count). The van der Waals surface area contributed by atoms with E-state index in [0.717, 1.165) is 48.5 Å². The first-order valence-corrected chi connectivity index (χ1v) is 11.1. The number of halogens is 3. The Morgan fingerprint density at radius 1 is 0.949 bits per heavy atom. The van der Waals surface area contributed by atoms with Crippen molar-refractivity contribution in [3.63, 3.8) is 0 Å². The molecule has 0 radical (unpaired) electrons. The van der Waals surface area contributed by atoms with Crippen molar-refractivity contribution < 1.29 is 51.6 Å². The lowest BCUT2D eigenvalue weighted by molar-refractivity contribution is -0.385. The fraction of sp³-hybridized carbons (Fsp3) is 0.348. The molecule has 39 heavy (non-hydrogen) atoms. The summed E-state index contributed by atoms with van der Waals surface area (Å²) in [6.45, 7) is 2.51. The van der Waals surface area contributed by atoms with Crippen LogP contribution in [0.25, 0.3) is 0 Å². The minimum atomic E-state index is -5.30. The second-order valence-corrected chi connectivity index (χ2v) is 8.55. The maximum Gasteiger partial charge on any atom is 0.471 e. The van der Waals surface area contributed by atoms with Gasteiger partial charge in [0.25, 0.3) is 11.4 Å². The minimum absolute atomic E-state index is 0.120. The van der Waals surface area contributed by atoms with Crippen molar-refractivity contribution in [2.75, 3.05) is 0 Å². The summed E-state index contributed by atoms with van der Waals surface area (Å²) in [6.07, 6.45) is -8.63. The second kappa shape index (κ2) is 11.0. The molecule has 1 amide bonds. The number of hydrogen-bond acceptors (Lipinski definition) is 10. The van der Waals surface area contributed by atoms with Crippen LogP contribution >= 0.6 is 0 Å². The van der Waals surface area contributed by atoms with Crippen LogP contribution < -0.4 is 5.32 Å². The molecule has 4 atom stereocenters. The molecule has 1 saturated heterocycles. The third-order valence-corrected chi connectivity index (χ3v) is 6.02. The summed E-state index contributed by atoms with van der Waals surface area (Å²) < 4.78 is 55.4. The van der Waals surface area contributed by atoms with Crippen LogP contribution in [0.2, 0.25) is 0 Å². The molecule has 2 aromatic rings. The summed E-state index contributed by atoms with van der Waals surface area (Å²) in [5, 5.41) is 23.4. The third kappa shape index (κ3) is 6.64. The average Bonchev–Trinajstić information content (AvgIpc) is 2.86. The number of rotatable bonds is 7. The molecule has 1 fully saturated rings. The highest BCUT2D eigenvalue weighted by Crippen LogP contribution is 2.35. The van der Waals surface area contributed by atoms with Crippen LogP contribution in [0.15, 0.2) is 48.5 Å². The minimum Gasteiger partial charge on any atom is -0.451 e. The van der Waals surface area contributed by atoms with Gasteiger partial charge in [0.1, 0.15) is 6.10 Å². The molecule has 0 aromatic heterocycles. The van der Waals surface area contributed by atoms with Gasteiger partial charge in [0.15, 0.2) is 5.60 Å². The monoisotopic (exact) mass is 555 g/mol. The smallest absolute Gasteiger partial charge is 0.451 e. The Labute approximate surface area is 217 Å². The zero-order valence-electron chi connectivity index (χ0n) is 20.2. The van der Waals surface area contributed by atoms with Crippen LogP contribution in [0.3, 0.4) is 0 Å². The van der Waals surface area contributed by atoms with Crippen molar-refractivity contribution in [2.45, 2.75) is 50.5 Å². The van der Waals surface area contributed by atoms with Gasteiger partial charge in [-0.15, -0.1) is 0 Å². The molecule has 0 aliphatic carbocycles. The van der Waals surface area contributed by atoms with E-state index in [1.165, 1.54) is 13.8 Å². The summed E-state index contributed by atoms with van der Waals surface area (Å²) >= 11 is 0. The SMILES string of the molecule is C[C@H]1O[C@H](OC(=O)c2ccc([N+](=O)[O-])cc2)C[C@H](NC(=O)C(F)(F)F)[C@@]1(C)OC(=O)c1ccc([N+](=O)[O-])cc1. The van der Waals surface area contributed by atoms with Gasteiger partial charge in [-0.2, -0.15) is 13.2 Å². The van der Waals surface area contributed by atoms with Crippen molar-refractivity contribution in [1.82, 2.24) is 5.32 Å². The normalized spacial score (nSPS) is 22.8. The predicted octanol–water partition coefficient (Wildman–Crippen LogP) is 3.46. The molecular weight excluding hydrogens is 535 g/mol. The Hall–Kier alpha value is -4.60. The number of nitro benzene ring substituents is 2. The van der Waals surface area contributed by atoms with Gasteiger partial charge in [-0.3, -0.25) is 25.0 Å². The van der Waals surface area contributed by atoms with Crippen molar-refractivity contribution in [3.8, 4) is 0 Å². The lowest BCUT2D eigenvalue weighted by Gasteiger charge is -2.47. The molecule has 0 saturated carbocycles. The molecule has 0 unspecified atom stereocenters. The average molecular weight is 555 g/mol. The van der Waals surface area contributed by atoms with Crippen LogP contribution in [0.1, 0.15) is 41.0 Å². The number of hydrogen-bond donors (Lipinski definition) is 1. The van der Waals surface area contributed by atoms with Gasteiger partial charge < -0.3 is 19.5 Å². The number of carbonyl (C=O) groups is 3. The van der Waals surface area contributed by atoms with Gasteiger partial charge >= 0.3 is 24.0 Å². The number of esters is 2. The van der Waals surface area contributed by atoms with Crippen molar-refractivity contribution in [1.29, 1.82) is 0 Å². The lowest BCUT2D eigenvalue weighted by Crippen LogP contribution is -2.65. The summed E-state index contributed by atoms with van der Waals surface area (Å²) in [5.41, 5.74) is -2.82. The first kappa shape index (κ1) is 29.0. The van der Waals surface area contributed by atoms with Gasteiger partial charge in [-0.25, -0.2) is 9.59 Å². The maximum atomic E-state index is 13.1. The Morgan fingerprint density at radius 3 is 1.85 bits per heavy atom. The van der Waals surface area contributed by atoms with E-state index in [1.54, 1.807) is 5.32 Å². The third-order valence-electron chi connectivity index (χ3n) is 6.02. The van der Waals surface area contributed by atoms with E-state index in [0.29, 0.717) is 0 Å². The van der Waals surface area contributed by atoms with E-state index in [9.17, 15) is 47.8 Å². The standard InChI is InChI=1S/C23H20F3N3O10/c1-12-22(2,39-20(31)14-5-9-16(10-6-14)29(35)36)17(27-21(32)23(24,25)26)11-18(37-12)38-19(30)13-3-7-15(8-4-13)28(33)34/h3-10,12,17-18H,11H2,1-2H3,(H,27,32)/t12-,17+,18-,22+/m1/s1. The first-order valence-electron chi connectivity index (χ1n) is 11.1. The number of nitro groups is 2. The van der Waals surface area contributed by atoms with Crippen molar-refractivity contribution in [3.05, 3.63) is 79.9 Å². The molecule has 2 aromatic carbocycles. The fourth-order valence-corrected chi connectivity index (χ4v) is 3.68. The number of carbonyl (C=O) groups excluding carboxylic acids is 3. The van der Waals surface area contributed by atoms with E-state index in [4.69, 9.17) is 14.2 Å². The molecule has 1 N–H and O–H groups in total. The highest BCUT2D eigenvalue weighted by atomic mass is 19.4. The van der Waals surface area contributed by atoms with E-state index in [-0.39, 0.29) is 22.5 Å². The Balaban J connectivity index is 1.82. The van der Waals surface area contributed by atoms with Crippen LogP contribution in [0.4, 0.5) is 24.5 Å². The van der Waals surface area contributed by atoms with Crippen LogP contribution in [0, 0.1) is 20.2 Å². The fourth-order valence-electron chi connectivity index (χ4n) is 3.68. The molecule has 16 heteroatoms. The quantitative estimate of drug-likeness (QED) is 0.302. The second-order valence-electron chi connectivity index (χ2n) is 8.55. The number of nitrogens with one attached hydrogen (secondary N) is 1. The molecule has 208 valence electrons. The highest BCUT2D eigenvalue weighted by molar-refractivity contribution is 5.90. The summed E-state index contributed by atoms with van der Waals surface area (Å²) in [5.74, 6) is -4.44. The molecule has 13 nitrogen and oxygen atoms in total. The molecule has 1 heterocycles. The van der Waals surface area contributed by atoms with Crippen LogP contribution in [0.5, 0.6) is 0 Å². The number of amides is 1. The predicted molar refractivity (Wildman–Crippen MR) is 122 cm³/mol.